The number of rotatable bonds is 10. The first-order chi connectivity index (χ1) is 19.9. The summed E-state index contributed by atoms with van der Waals surface area (Å²) in [4.78, 5) is 37.1. The van der Waals surface area contributed by atoms with Gasteiger partial charge in [-0.2, -0.15) is 0 Å². The number of alkyl halides is 5. The lowest BCUT2D eigenvalue weighted by Gasteiger charge is -2.19. The van der Waals surface area contributed by atoms with Gasteiger partial charge in [0.2, 0.25) is 5.91 Å². The predicted octanol–water partition coefficient (Wildman–Crippen LogP) is 7.99. The van der Waals surface area contributed by atoms with Crippen LogP contribution in [0.3, 0.4) is 0 Å². The zero-order chi connectivity index (χ0) is 32.1. The molecule has 0 bridgehead atoms. The molecule has 0 fully saturated rings. The van der Waals surface area contributed by atoms with E-state index in [1.165, 1.54) is 30.3 Å². The van der Waals surface area contributed by atoms with Crippen molar-refractivity contribution in [3.63, 3.8) is 0 Å². The van der Waals surface area contributed by atoms with Crippen LogP contribution in [0.25, 0.3) is 0 Å². The van der Waals surface area contributed by atoms with Gasteiger partial charge in [0.05, 0.1) is 27.2 Å². The fourth-order valence-electron chi connectivity index (χ4n) is 3.50. The molecule has 0 aliphatic heterocycles. The summed E-state index contributed by atoms with van der Waals surface area (Å²) in [6, 6.07) is 9.26. The lowest BCUT2D eigenvalue weighted by atomic mass is 10.1. The average Bonchev–Trinajstić information content (AvgIpc) is 2.89. The number of benzene rings is 3. The largest absolute Gasteiger partial charge is 0.523 e. The third-order valence-electron chi connectivity index (χ3n) is 5.33. The number of hydrogen-bond donors (Lipinski definition) is 3. The molecule has 0 heterocycles. The van der Waals surface area contributed by atoms with Gasteiger partial charge in [-0.1, -0.05) is 17.7 Å². The molecule has 3 N–H and O–H groups in total. The molecule has 0 saturated heterocycles. The molecule has 0 aromatic heterocycles. The lowest BCUT2D eigenvalue weighted by Crippen LogP contribution is -2.26. The van der Waals surface area contributed by atoms with Crippen molar-refractivity contribution < 1.29 is 45.5 Å². The zero-order valence-corrected chi connectivity index (χ0v) is 25.0. The molecule has 43 heavy (non-hydrogen) atoms. The third kappa shape index (κ3) is 10.3. The Bertz CT molecular complexity index is 1560. The van der Waals surface area contributed by atoms with E-state index in [9.17, 15) is 40.7 Å². The van der Waals surface area contributed by atoms with Crippen LogP contribution in [0.15, 0.2) is 53.0 Å². The van der Waals surface area contributed by atoms with Crippen LogP contribution >= 0.6 is 50.7 Å². The molecular weight excluding hydrogens is 719 g/mol. The molecule has 230 valence electrons. The molecule has 0 unspecified atom stereocenters. The fourth-order valence-corrected chi connectivity index (χ4v) is 4.68. The standard InChI is InChI=1S/C26H17BrCl3F6N3O4/c27-15-7-12(1-4-17(15)31)9-25(29,30)10-20(40)37-13-2-3-16(28)14(8-13)24(42)38-19-6-5-18(32)23(22(19)33)39-21(41)11-43-26(34,35)36/h1-8H,9-11H2,(H,37,40)(H,38,42)(H,39,41). The SMILES string of the molecule is O=C(CC(Cl)(Cl)Cc1ccc(F)c(Br)c1)Nc1ccc(Cl)c(C(=O)Nc2ccc(F)c(NC(=O)COC(F)(F)F)c2F)c1. The van der Waals surface area contributed by atoms with Crippen LogP contribution in [0.4, 0.5) is 43.4 Å². The Kier molecular flexibility index (Phi) is 11.3. The smallest absolute Gasteiger partial charge is 0.326 e. The van der Waals surface area contributed by atoms with Gasteiger partial charge in [0.25, 0.3) is 11.8 Å². The van der Waals surface area contributed by atoms with Crippen LogP contribution in [0.1, 0.15) is 22.3 Å². The van der Waals surface area contributed by atoms with E-state index >= 15 is 0 Å². The molecular formula is C26H17BrCl3F6N3O4. The van der Waals surface area contributed by atoms with Gasteiger partial charge in [0.15, 0.2) is 5.82 Å². The van der Waals surface area contributed by atoms with Crippen LogP contribution in [0, 0.1) is 17.5 Å². The van der Waals surface area contributed by atoms with Crippen molar-refractivity contribution in [1.82, 2.24) is 0 Å². The summed E-state index contributed by atoms with van der Waals surface area (Å²) < 4.78 is 80.8. The Morgan fingerprint density at radius 3 is 2.19 bits per heavy atom. The summed E-state index contributed by atoms with van der Waals surface area (Å²) in [7, 11) is 0. The van der Waals surface area contributed by atoms with Gasteiger partial charge >= 0.3 is 6.36 Å². The predicted molar refractivity (Wildman–Crippen MR) is 152 cm³/mol. The fraction of sp³-hybridized carbons (Fsp3) is 0.192. The van der Waals surface area contributed by atoms with Crippen molar-refractivity contribution in [2.24, 2.45) is 0 Å². The first kappa shape index (κ1) is 34.5. The highest BCUT2D eigenvalue weighted by Crippen LogP contribution is 2.32. The van der Waals surface area contributed by atoms with E-state index in [-0.39, 0.29) is 27.2 Å². The first-order valence-electron chi connectivity index (χ1n) is 11.6. The molecule has 17 heteroatoms. The second-order valence-corrected chi connectivity index (χ2v) is 11.6. The van der Waals surface area contributed by atoms with E-state index in [1.807, 2.05) is 0 Å². The maximum Gasteiger partial charge on any atom is 0.523 e. The molecule has 0 saturated carbocycles. The number of amides is 3. The number of anilines is 3. The van der Waals surface area contributed by atoms with E-state index in [0.29, 0.717) is 11.6 Å². The molecule has 3 aromatic carbocycles. The van der Waals surface area contributed by atoms with E-state index in [0.717, 1.165) is 12.1 Å². The Balaban J connectivity index is 1.70. The average molecular weight is 736 g/mol. The van der Waals surface area contributed by atoms with Crippen molar-refractivity contribution in [1.29, 1.82) is 0 Å². The molecule has 0 atom stereocenters. The highest BCUT2D eigenvalue weighted by atomic mass is 79.9. The molecule has 3 amide bonds. The molecule has 7 nitrogen and oxygen atoms in total. The molecule has 0 spiro atoms. The summed E-state index contributed by atoms with van der Waals surface area (Å²) in [5, 5.41) is 6.06. The molecule has 0 aliphatic carbocycles. The van der Waals surface area contributed by atoms with E-state index in [2.05, 4.69) is 31.3 Å². The van der Waals surface area contributed by atoms with Crippen LogP contribution in [-0.2, 0) is 20.7 Å². The highest BCUT2D eigenvalue weighted by Gasteiger charge is 2.31. The van der Waals surface area contributed by atoms with Gasteiger partial charge in [-0.3, -0.25) is 19.1 Å². The van der Waals surface area contributed by atoms with Gasteiger partial charge in [0, 0.05) is 12.1 Å². The maximum atomic E-state index is 14.9. The molecule has 0 aliphatic rings. The quantitative estimate of drug-likeness (QED) is 0.145. The van der Waals surface area contributed by atoms with E-state index in [1.54, 1.807) is 5.32 Å². The van der Waals surface area contributed by atoms with Crippen LogP contribution < -0.4 is 16.0 Å². The summed E-state index contributed by atoms with van der Waals surface area (Å²) >= 11 is 21.7. The van der Waals surface area contributed by atoms with Gasteiger partial charge < -0.3 is 16.0 Å². The number of hydrogen-bond acceptors (Lipinski definition) is 4. The highest BCUT2D eigenvalue weighted by molar-refractivity contribution is 9.10. The summed E-state index contributed by atoms with van der Waals surface area (Å²) in [5.74, 6) is -6.57. The molecule has 3 aromatic rings. The summed E-state index contributed by atoms with van der Waals surface area (Å²) in [6.07, 6.45) is -5.59. The topological polar surface area (TPSA) is 96.5 Å². The number of carbonyl (C=O) groups is 3. The minimum absolute atomic E-state index is 0.0162. The van der Waals surface area contributed by atoms with Crippen LogP contribution in [-0.4, -0.2) is 35.0 Å². The zero-order valence-electron chi connectivity index (χ0n) is 21.2. The van der Waals surface area contributed by atoms with Gasteiger partial charge in [-0.05, 0) is 64.0 Å². The second kappa shape index (κ2) is 14.2. The Morgan fingerprint density at radius 1 is 0.860 bits per heavy atom. The number of halogens is 10. The van der Waals surface area contributed by atoms with Crippen molar-refractivity contribution in [2.75, 3.05) is 22.6 Å². The Labute approximate surface area is 262 Å². The second-order valence-electron chi connectivity index (χ2n) is 8.72. The van der Waals surface area contributed by atoms with Gasteiger partial charge in [0.1, 0.15) is 28.3 Å². The normalized spacial score (nSPS) is 11.7. The maximum absolute atomic E-state index is 14.9. The van der Waals surface area contributed by atoms with Gasteiger partial charge in [-0.15, -0.1) is 36.4 Å². The number of nitrogens with one attached hydrogen (secondary N) is 3. The Hall–Kier alpha value is -3.04. The van der Waals surface area contributed by atoms with Crippen molar-refractivity contribution in [3.8, 4) is 0 Å². The Morgan fingerprint density at radius 2 is 1.53 bits per heavy atom. The van der Waals surface area contributed by atoms with Crippen LogP contribution in [0.5, 0.6) is 0 Å². The van der Waals surface area contributed by atoms with Crippen LogP contribution in [0.2, 0.25) is 5.02 Å². The lowest BCUT2D eigenvalue weighted by molar-refractivity contribution is -0.320. The number of carbonyl (C=O) groups excluding carboxylic acids is 3. The third-order valence-corrected chi connectivity index (χ3v) is 6.80. The minimum Gasteiger partial charge on any atom is -0.326 e. The summed E-state index contributed by atoms with van der Waals surface area (Å²) in [6.45, 7) is -1.58. The van der Waals surface area contributed by atoms with Crippen molar-refractivity contribution >= 4 is 85.5 Å². The molecule has 3 rings (SSSR count). The summed E-state index contributed by atoms with van der Waals surface area (Å²) in [5.41, 5.74) is -1.47. The van der Waals surface area contributed by atoms with E-state index < -0.39 is 70.3 Å². The van der Waals surface area contributed by atoms with E-state index in [4.69, 9.17) is 34.8 Å². The van der Waals surface area contributed by atoms with Crippen molar-refractivity contribution in [2.45, 2.75) is 23.5 Å². The first-order valence-corrected chi connectivity index (χ1v) is 13.6. The van der Waals surface area contributed by atoms with Gasteiger partial charge in [-0.25, -0.2) is 13.2 Å². The monoisotopic (exact) mass is 733 g/mol. The minimum atomic E-state index is -5.16. The van der Waals surface area contributed by atoms with Crippen molar-refractivity contribution in [3.05, 3.63) is 86.6 Å². The molecule has 0 radical (unpaired) electrons. The number of ether oxygens (including phenoxy) is 1.